The Balaban J connectivity index is 1.85. The van der Waals surface area contributed by atoms with E-state index in [0.29, 0.717) is 12.5 Å². The average molecular weight is 272 g/mol. The van der Waals surface area contributed by atoms with Gasteiger partial charge in [-0.2, -0.15) is 0 Å². The normalized spacial score (nSPS) is 25.9. The lowest BCUT2D eigenvalue weighted by Crippen LogP contribution is -2.35. The van der Waals surface area contributed by atoms with Gasteiger partial charge >= 0.3 is 0 Å². The molecule has 2 aliphatic rings. The SMILES string of the molecule is Cc1ccc([C@@H]2[C@H](C(=O)NC3CC3)CC(=O)N2C)cc1. The Kier molecular flexibility index (Phi) is 3.24. The van der Waals surface area contributed by atoms with Crippen molar-refractivity contribution in [2.45, 2.75) is 38.3 Å². The molecular formula is C16H20N2O2. The zero-order valence-corrected chi connectivity index (χ0v) is 11.9. The molecule has 2 atom stereocenters. The second-order valence-corrected chi connectivity index (χ2v) is 5.95. The molecule has 20 heavy (non-hydrogen) atoms. The fourth-order valence-electron chi connectivity index (χ4n) is 2.86. The molecule has 1 aromatic carbocycles. The van der Waals surface area contributed by atoms with Gasteiger partial charge in [-0.15, -0.1) is 0 Å². The van der Waals surface area contributed by atoms with Crippen LogP contribution in [0.2, 0.25) is 0 Å². The summed E-state index contributed by atoms with van der Waals surface area (Å²) >= 11 is 0. The van der Waals surface area contributed by atoms with E-state index in [0.717, 1.165) is 18.4 Å². The lowest BCUT2D eigenvalue weighted by molar-refractivity contribution is -0.128. The van der Waals surface area contributed by atoms with Crippen molar-refractivity contribution in [2.75, 3.05) is 7.05 Å². The molecule has 0 radical (unpaired) electrons. The molecular weight excluding hydrogens is 252 g/mol. The highest BCUT2D eigenvalue weighted by Gasteiger charge is 2.43. The zero-order chi connectivity index (χ0) is 14.3. The molecule has 4 nitrogen and oxygen atoms in total. The number of hydrogen-bond acceptors (Lipinski definition) is 2. The molecule has 0 bridgehead atoms. The first-order valence-electron chi connectivity index (χ1n) is 7.19. The first kappa shape index (κ1) is 13.2. The summed E-state index contributed by atoms with van der Waals surface area (Å²) in [6.07, 6.45) is 2.45. The molecule has 0 spiro atoms. The van der Waals surface area contributed by atoms with E-state index in [1.807, 2.05) is 31.2 Å². The van der Waals surface area contributed by atoms with Crippen molar-refractivity contribution >= 4 is 11.8 Å². The second-order valence-electron chi connectivity index (χ2n) is 5.95. The Morgan fingerprint density at radius 1 is 1.25 bits per heavy atom. The molecule has 2 fully saturated rings. The first-order chi connectivity index (χ1) is 9.56. The maximum atomic E-state index is 12.3. The molecule has 4 heteroatoms. The number of nitrogens with one attached hydrogen (secondary N) is 1. The van der Waals surface area contributed by atoms with E-state index < -0.39 is 0 Å². The largest absolute Gasteiger partial charge is 0.353 e. The van der Waals surface area contributed by atoms with E-state index in [-0.39, 0.29) is 23.8 Å². The number of rotatable bonds is 3. The van der Waals surface area contributed by atoms with Crippen molar-refractivity contribution in [2.24, 2.45) is 5.92 Å². The third kappa shape index (κ3) is 2.42. The van der Waals surface area contributed by atoms with Crippen LogP contribution in [0.25, 0.3) is 0 Å². The van der Waals surface area contributed by atoms with Gasteiger partial charge in [-0.25, -0.2) is 0 Å². The quantitative estimate of drug-likeness (QED) is 0.912. The van der Waals surface area contributed by atoms with Crippen molar-refractivity contribution in [3.05, 3.63) is 35.4 Å². The summed E-state index contributed by atoms with van der Waals surface area (Å²) in [7, 11) is 1.79. The Bertz CT molecular complexity index is 534. The van der Waals surface area contributed by atoms with Gasteiger partial charge in [0.1, 0.15) is 0 Å². The highest BCUT2D eigenvalue weighted by atomic mass is 16.2. The van der Waals surface area contributed by atoms with Crippen molar-refractivity contribution in [3.63, 3.8) is 0 Å². The van der Waals surface area contributed by atoms with Crippen LogP contribution < -0.4 is 5.32 Å². The van der Waals surface area contributed by atoms with E-state index in [2.05, 4.69) is 5.32 Å². The molecule has 1 aliphatic carbocycles. The van der Waals surface area contributed by atoms with Gasteiger partial charge in [0.15, 0.2) is 0 Å². The van der Waals surface area contributed by atoms with Crippen LogP contribution in [0.5, 0.6) is 0 Å². The van der Waals surface area contributed by atoms with Crippen LogP contribution in [0.1, 0.15) is 36.4 Å². The van der Waals surface area contributed by atoms with Crippen LogP contribution >= 0.6 is 0 Å². The number of carbonyl (C=O) groups is 2. The summed E-state index contributed by atoms with van der Waals surface area (Å²) in [4.78, 5) is 26.0. The summed E-state index contributed by atoms with van der Waals surface area (Å²) in [6.45, 7) is 2.03. The minimum Gasteiger partial charge on any atom is -0.353 e. The van der Waals surface area contributed by atoms with Crippen LogP contribution in [0.3, 0.4) is 0 Å². The summed E-state index contributed by atoms with van der Waals surface area (Å²) in [6, 6.07) is 8.30. The molecule has 1 heterocycles. The predicted octanol–water partition coefficient (Wildman–Crippen LogP) is 1.79. The maximum absolute atomic E-state index is 12.3. The average Bonchev–Trinajstić information content (AvgIpc) is 3.18. The van der Waals surface area contributed by atoms with Crippen LogP contribution in [0, 0.1) is 12.8 Å². The van der Waals surface area contributed by atoms with E-state index in [1.54, 1.807) is 11.9 Å². The topological polar surface area (TPSA) is 49.4 Å². The number of likely N-dealkylation sites (tertiary alicyclic amines) is 1. The third-order valence-corrected chi connectivity index (χ3v) is 4.27. The number of nitrogens with zero attached hydrogens (tertiary/aromatic N) is 1. The van der Waals surface area contributed by atoms with E-state index >= 15 is 0 Å². The van der Waals surface area contributed by atoms with E-state index in [4.69, 9.17) is 0 Å². The standard InChI is InChI=1S/C16H20N2O2/c1-10-3-5-11(6-4-10)15-13(9-14(19)18(15)2)16(20)17-12-7-8-12/h3-6,12-13,15H,7-9H2,1-2H3,(H,17,20)/t13-,15-/m1/s1. The molecule has 0 aromatic heterocycles. The molecule has 1 saturated carbocycles. The van der Waals surface area contributed by atoms with Crippen LogP contribution in [-0.4, -0.2) is 29.8 Å². The number of aryl methyl sites for hydroxylation is 1. The maximum Gasteiger partial charge on any atom is 0.226 e. The fraction of sp³-hybridized carbons (Fsp3) is 0.500. The molecule has 1 saturated heterocycles. The van der Waals surface area contributed by atoms with Gasteiger partial charge in [0.05, 0.1) is 12.0 Å². The highest BCUT2D eigenvalue weighted by molar-refractivity contribution is 5.90. The molecule has 106 valence electrons. The lowest BCUT2D eigenvalue weighted by atomic mass is 9.92. The molecule has 1 N–H and O–H groups in total. The van der Waals surface area contributed by atoms with Crippen molar-refractivity contribution in [1.29, 1.82) is 0 Å². The monoisotopic (exact) mass is 272 g/mol. The summed E-state index contributed by atoms with van der Waals surface area (Å²) in [5.41, 5.74) is 2.22. The smallest absolute Gasteiger partial charge is 0.226 e. The summed E-state index contributed by atoms with van der Waals surface area (Å²) < 4.78 is 0. The van der Waals surface area contributed by atoms with Gasteiger partial charge in [-0.05, 0) is 25.3 Å². The van der Waals surface area contributed by atoms with Gasteiger partial charge in [0.25, 0.3) is 0 Å². The molecule has 2 amide bonds. The van der Waals surface area contributed by atoms with Crippen molar-refractivity contribution in [1.82, 2.24) is 10.2 Å². The predicted molar refractivity (Wildman–Crippen MR) is 76.0 cm³/mol. The summed E-state index contributed by atoms with van der Waals surface area (Å²) in [5, 5.41) is 3.03. The molecule has 3 rings (SSSR count). The fourth-order valence-corrected chi connectivity index (χ4v) is 2.86. The molecule has 1 aromatic rings. The number of benzene rings is 1. The third-order valence-electron chi connectivity index (χ3n) is 4.27. The highest BCUT2D eigenvalue weighted by Crippen LogP contribution is 2.37. The first-order valence-corrected chi connectivity index (χ1v) is 7.19. The minimum atomic E-state index is -0.268. The lowest BCUT2D eigenvalue weighted by Gasteiger charge is -2.25. The second kappa shape index (κ2) is 4.93. The number of carbonyl (C=O) groups excluding carboxylic acids is 2. The van der Waals surface area contributed by atoms with Crippen LogP contribution in [0.4, 0.5) is 0 Å². The Labute approximate surface area is 119 Å². The van der Waals surface area contributed by atoms with Crippen LogP contribution in [0.15, 0.2) is 24.3 Å². The zero-order valence-electron chi connectivity index (χ0n) is 11.9. The van der Waals surface area contributed by atoms with E-state index in [9.17, 15) is 9.59 Å². The van der Waals surface area contributed by atoms with Crippen molar-refractivity contribution in [3.8, 4) is 0 Å². The Morgan fingerprint density at radius 2 is 1.90 bits per heavy atom. The van der Waals surface area contributed by atoms with Crippen LogP contribution in [-0.2, 0) is 9.59 Å². The number of amides is 2. The molecule has 1 aliphatic heterocycles. The Hall–Kier alpha value is -1.84. The van der Waals surface area contributed by atoms with Gasteiger partial charge in [-0.3, -0.25) is 9.59 Å². The van der Waals surface area contributed by atoms with Gasteiger partial charge < -0.3 is 10.2 Å². The Morgan fingerprint density at radius 3 is 2.50 bits per heavy atom. The van der Waals surface area contributed by atoms with Gasteiger partial charge in [0, 0.05) is 19.5 Å². The van der Waals surface area contributed by atoms with Gasteiger partial charge in [-0.1, -0.05) is 29.8 Å². The molecule has 0 unspecified atom stereocenters. The summed E-state index contributed by atoms with van der Waals surface area (Å²) in [5.74, 6) is -0.196. The van der Waals surface area contributed by atoms with E-state index in [1.165, 1.54) is 5.56 Å². The number of hydrogen-bond donors (Lipinski definition) is 1. The minimum absolute atomic E-state index is 0.0239. The van der Waals surface area contributed by atoms with Gasteiger partial charge in [0.2, 0.25) is 11.8 Å². The van der Waals surface area contributed by atoms with Crippen molar-refractivity contribution < 1.29 is 9.59 Å².